The van der Waals surface area contributed by atoms with E-state index in [0.717, 1.165) is 0 Å². The van der Waals surface area contributed by atoms with Crippen LogP contribution in [-0.4, -0.2) is 29.8 Å². The van der Waals surface area contributed by atoms with Crippen LogP contribution in [0.4, 0.5) is 0 Å². The van der Waals surface area contributed by atoms with Crippen LogP contribution in [0.25, 0.3) is 0 Å². The molecule has 0 aromatic heterocycles. The number of benzene rings is 1. The van der Waals surface area contributed by atoms with Crippen molar-refractivity contribution >= 4 is 40.4 Å². The van der Waals surface area contributed by atoms with E-state index >= 15 is 0 Å². The summed E-state index contributed by atoms with van der Waals surface area (Å²) in [4.78, 5) is 25.1. The fourth-order valence-corrected chi connectivity index (χ4v) is 1.98. The highest BCUT2D eigenvalue weighted by atomic mass is 79.9. The average Bonchev–Trinajstić information content (AvgIpc) is 2.28. The largest absolute Gasteiger partial charge is 0.368 e. The summed E-state index contributed by atoms with van der Waals surface area (Å²) in [5, 5.41) is 0. The Balaban J connectivity index is 3.01. The van der Waals surface area contributed by atoms with Crippen LogP contribution in [0.5, 0.6) is 0 Å². The third-order valence-corrected chi connectivity index (χ3v) is 3.17. The number of hydrogen-bond donors (Lipinski definition) is 2. The predicted octanol–water partition coefficient (Wildman–Crippen LogP) is 1.69. The fraction of sp³-hybridized carbons (Fsp3) is 0.273. The number of primary amides is 1. The zero-order valence-corrected chi connectivity index (χ0v) is 11.8. The average molecular weight is 317 g/mol. The summed E-state index contributed by atoms with van der Waals surface area (Å²) < 4.78 is 0.670. The zero-order valence-electron chi connectivity index (χ0n) is 9.31. The molecule has 2 amide bonds. The molecule has 1 aromatic rings. The number of nitrogens with zero attached hydrogens (tertiary/aromatic N) is 1. The molecule has 92 valence electrons. The summed E-state index contributed by atoms with van der Waals surface area (Å²) >= 11 is 7.48. The highest BCUT2D eigenvalue weighted by molar-refractivity contribution is 9.10. The van der Waals surface area contributed by atoms with Crippen LogP contribution in [0, 0.1) is 0 Å². The SMILES string of the molecule is CCN(CC(N)=O)C(=O)c1cc(S)ccc1Br. The van der Waals surface area contributed by atoms with Gasteiger partial charge in [0.1, 0.15) is 0 Å². The lowest BCUT2D eigenvalue weighted by Gasteiger charge is -2.19. The van der Waals surface area contributed by atoms with Crippen LogP contribution in [0.3, 0.4) is 0 Å². The number of carbonyl (C=O) groups is 2. The first-order chi connectivity index (χ1) is 7.95. The summed E-state index contributed by atoms with van der Waals surface area (Å²) in [6, 6.07) is 5.17. The van der Waals surface area contributed by atoms with Gasteiger partial charge in [-0.05, 0) is 41.1 Å². The van der Waals surface area contributed by atoms with Crippen molar-refractivity contribution in [3.8, 4) is 0 Å². The number of carbonyl (C=O) groups excluding carboxylic acids is 2. The molecule has 0 bridgehead atoms. The van der Waals surface area contributed by atoms with Crippen LogP contribution >= 0.6 is 28.6 Å². The molecule has 0 saturated carbocycles. The van der Waals surface area contributed by atoms with Crippen molar-refractivity contribution in [3.63, 3.8) is 0 Å². The van der Waals surface area contributed by atoms with Gasteiger partial charge in [0.15, 0.2) is 0 Å². The predicted molar refractivity (Wildman–Crippen MR) is 72.2 cm³/mol. The zero-order chi connectivity index (χ0) is 13.0. The van der Waals surface area contributed by atoms with E-state index in [1.54, 1.807) is 25.1 Å². The van der Waals surface area contributed by atoms with Crippen molar-refractivity contribution in [3.05, 3.63) is 28.2 Å². The van der Waals surface area contributed by atoms with Gasteiger partial charge in [-0.25, -0.2) is 0 Å². The van der Waals surface area contributed by atoms with Crippen LogP contribution < -0.4 is 5.73 Å². The Morgan fingerprint density at radius 1 is 1.47 bits per heavy atom. The summed E-state index contributed by atoms with van der Waals surface area (Å²) in [5.41, 5.74) is 5.57. The summed E-state index contributed by atoms with van der Waals surface area (Å²) in [5.74, 6) is -0.771. The second-order valence-electron chi connectivity index (χ2n) is 3.45. The number of hydrogen-bond acceptors (Lipinski definition) is 3. The topological polar surface area (TPSA) is 63.4 Å². The van der Waals surface area contributed by atoms with E-state index in [-0.39, 0.29) is 12.5 Å². The van der Waals surface area contributed by atoms with Gasteiger partial charge in [0, 0.05) is 15.9 Å². The molecule has 4 nitrogen and oxygen atoms in total. The Morgan fingerprint density at radius 2 is 2.12 bits per heavy atom. The van der Waals surface area contributed by atoms with Crippen LogP contribution in [0.1, 0.15) is 17.3 Å². The van der Waals surface area contributed by atoms with Crippen LogP contribution in [0.15, 0.2) is 27.6 Å². The van der Waals surface area contributed by atoms with Crippen LogP contribution in [0.2, 0.25) is 0 Å². The van der Waals surface area contributed by atoms with Crippen molar-refractivity contribution < 1.29 is 9.59 Å². The molecule has 0 unspecified atom stereocenters. The minimum atomic E-state index is -0.529. The van der Waals surface area contributed by atoms with Gasteiger partial charge in [-0.15, -0.1) is 12.6 Å². The Kier molecular flexibility index (Phi) is 5.02. The van der Waals surface area contributed by atoms with Gasteiger partial charge in [0.05, 0.1) is 12.1 Å². The van der Waals surface area contributed by atoms with Gasteiger partial charge in [0.2, 0.25) is 5.91 Å². The number of thiol groups is 1. The first-order valence-corrected chi connectivity index (χ1v) is 6.25. The third kappa shape index (κ3) is 3.74. The lowest BCUT2D eigenvalue weighted by molar-refractivity contribution is -0.118. The molecular weight excluding hydrogens is 304 g/mol. The van der Waals surface area contributed by atoms with E-state index in [2.05, 4.69) is 28.6 Å². The summed E-state index contributed by atoms with van der Waals surface area (Å²) in [6.07, 6.45) is 0. The molecule has 6 heteroatoms. The maximum atomic E-state index is 12.1. The van der Waals surface area contributed by atoms with Crippen molar-refractivity contribution in [2.24, 2.45) is 5.73 Å². The number of halogens is 1. The minimum Gasteiger partial charge on any atom is -0.368 e. The maximum Gasteiger partial charge on any atom is 0.255 e. The molecule has 0 atom stereocenters. The van der Waals surface area contributed by atoms with Gasteiger partial charge < -0.3 is 10.6 Å². The molecule has 0 aliphatic heterocycles. The third-order valence-electron chi connectivity index (χ3n) is 2.20. The smallest absolute Gasteiger partial charge is 0.255 e. The van der Waals surface area contributed by atoms with Gasteiger partial charge in [-0.3, -0.25) is 9.59 Å². The van der Waals surface area contributed by atoms with Gasteiger partial charge >= 0.3 is 0 Å². The van der Waals surface area contributed by atoms with Gasteiger partial charge in [0.25, 0.3) is 5.91 Å². The first kappa shape index (κ1) is 14.1. The molecule has 0 aliphatic rings. The molecule has 0 saturated heterocycles. The van der Waals surface area contributed by atoms with Gasteiger partial charge in [-0.1, -0.05) is 0 Å². The highest BCUT2D eigenvalue weighted by Crippen LogP contribution is 2.21. The quantitative estimate of drug-likeness (QED) is 0.830. The van der Waals surface area contributed by atoms with E-state index in [4.69, 9.17) is 5.73 Å². The highest BCUT2D eigenvalue weighted by Gasteiger charge is 2.18. The first-order valence-electron chi connectivity index (χ1n) is 5.01. The van der Waals surface area contributed by atoms with Crippen molar-refractivity contribution in [1.29, 1.82) is 0 Å². The molecule has 0 aliphatic carbocycles. The van der Waals surface area contributed by atoms with E-state index in [9.17, 15) is 9.59 Å². The molecule has 0 radical (unpaired) electrons. The molecule has 1 rings (SSSR count). The van der Waals surface area contributed by atoms with Crippen molar-refractivity contribution in [2.75, 3.05) is 13.1 Å². The fourth-order valence-electron chi connectivity index (χ4n) is 1.36. The second kappa shape index (κ2) is 6.07. The Labute approximate surface area is 114 Å². The molecule has 0 fully saturated rings. The van der Waals surface area contributed by atoms with E-state index in [1.165, 1.54) is 4.90 Å². The molecule has 2 N–H and O–H groups in total. The van der Waals surface area contributed by atoms with Gasteiger partial charge in [-0.2, -0.15) is 0 Å². The monoisotopic (exact) mass is 316 g/mol. The lowest BCUT2D eigenvalue weighted by atomic mass is 10.2. The van der Waals surface area contributed by atoms with E-state index in [0.29, 0.717) is 21.5 Å². The van der Waals surface area contributed by atoms with Crippen molar-refractivity contribution in [2.45, 2.75) is 11.8 Å². The molecule has 0 spiro atoms. The number of amides is 2. The summed E-state index contributed by atoms with van der Waals surface area (Å²) in [6.45, 7) is 2.13. The molecule has 1 aromatic carbocycles. The van der Waals surface area contributed by atoms with E-state index < -0.39 is 5.91 Å². The molecule has 0 heterocycles. The Bertz CT molecular complexity index is 451. The number of likely N-dealkylation sites (N-methyl/N-ethyl adjacent to an activating group) is 1. The normalized spacial score (nSPS) is 10.1. The van der Waals surface area contributed by atoms with Crippen LogP contribution in [-0.2, 0) is 4.79 Å². The minimum absolute atomic E-state index is 0.0847. The summed E-state index contributed by atoms with van der Waals surface area (Å²) in [7, 11) is 0. The Morgan fingerprint density at radius 3 is 2.65 bits per heavy atom. The maximum absolute atomic E-state index is 12.1. The Hall–Kier alpha value is -1.01. The molecular formula is C11H13BrN2O2S. The molecule has 17 heavy (non-hydrogen) atoms. The van der Waals surface area contributed by atoms with Crippen molar-refractivity contribution in [1.82, 2.24) is 4.90 Å². The second-order valence-corrected chi connectivity index (χ2v) is 4.82. The van der Waals surface area contributed by atoms with E-state index in [1.807, 2.05) is 0 Å². The number of nitrogens with two attached hydrogens (primary N) is 1. The number of rotatable bonds is 4. The standard InChI is InChI=1S/C11H13BrN2O2S/c1-2-14(6-10(13)15)11(16)8-5-7(17)3-4-9(8)12/h3-5,17H,2,6H2,1H3,(H2,13,15). The lowest BCUT2D eigenvalue weighted by Crippen LogP contribution is -2.38.